The van der Waals surface area contributed by atoms with Crippen molar-refractivity contribution in [3.63, 3.8) is 0 Å². The van der Waals surface area contributed by atoms with Crippen LogP contribution < -0.4 is 5.32 Å². The lowest BCUT2D eigenvalue weighted by Crippen LogP contribution is -2.46. The summed E-state index contributed by atoms with van der Waals surface area (Å²) >= 11 is 4.50. The van der Waals surface area contributed by atoms with Gasteiger partial charge >= 0.3 is 5.97 Å². The number of carbonyl (C=O) groups is 3. The number of carboxylic acids is 1. The van der Waals surface area contributed by atoms with E-state index in [9.17, 15) is 14.4 Å². The highest BCUT2D eigenvalue weighted by atomic mass is 79.9. The molecule has 8 heteroatoms. The van der Waals surface area contributed by atoms with Crippen LogP contribution in [-0.2, 0) is 9.59 Å². The van der Waals surface area contributed by atoms with Gasteiger partial charge in [-0.15, -0.1) is 11.3 Å². The summed E-state index contributed by atoms with van der Waals surface area (Å²) in [5.74, 6) is -1.91. The normalized spacial score (nSPS) is 11.7. The van der Waals surface area contributed by atoms with Crippen molar-refractivity contribution >= 4 is 45.1 Å². The molecule has 19 heavy (non-hydrogen) atoms. The second-order valence-electron chi connectivity index (χ2n) is 3.89. The summed E-state index contributed by atoms with van der Waals surface area (Å²) < 4.78 is 0.819. The number of carboxylic acid groups (broad SMARTS) is 1. The van der Waals surface area contributed by atoms with E-state index in [4.69, 9.17) is 5.11 Å². The van der Waals surface area contributed by atoms with Crippen LogP contribution in [0.1, 0.15) is 16.6 Å². The lowest BCUT2D eigenvalue weighted by molar-refractivity contribution is -0.144. The van der Waals surface area contributed by atoms with Crippen molar-refractivity contribution in [2.24, 2.45) is 0 Å². The number of halogens is 1. The highest BCUT2D eigenvalue weighted by Crippen LogP contribution is 2.21. The van der Waals surface area contributed by atoms with E-state index in [0.29, 0.717) is 4.88 Å². The maximum absolute atomic E-state index is 11.8. The molecule has 0 aliphatic carbocycles. The molecule has 1 atom stereocenters. The summed E-state index contributed by atoms with van der Waals surface area (Å²) in [6, 6.07) is 2.60. The number of thiophene rings is 1. The van der Waals surface area contributed by atoms with Crippen molar-refractivity contribution in [2.45, 2.75) is 13.0 Å². The van der Waals surface area contributed by atoms with Gasteiger partial charge in [-0.3, -0.25) is 14.4 Å². The van der Waals surface area contributed by atoms with E-state index >= 15 is 0 Å². The molecule has 1 heterocycles. The summed E-state index contributed by atoms with van der Waals surface area (Å²) in [4.78, 5) is 35.6. The Kier molecular flexibility index (Phi) is 5.49. The summed E-state index contributed by atoms with van der Waals surface area (Å²) in [6.07, 6.45) is 0. The third-order valence-electron chi connectivity index (χ3n) is 2.26. The number of hydrogen-bond acceptors (Lipinski definition) is 4. The second-order valence-corrected chi connectivity index (χ2v) is 6.35. The smallest absolute Gasteiger partial charge is 0.323 e. The minimum Gasteiger partial charge on any atom is -0.480 e. The minimum atomic E-state index is -1.10. The molecule has 2 amide bonds. The van der Waals surface area contributed by atoms with Crippen LogP contribution >= 0.6 is 27.3 Å². The van der Waals surface area contributed by atoms with Crippen LogP contribution in [0.2, 0.25) is 0 Å². The van der Waals surface area contributed by atoms with Crippen LogP contribution in [0.25, 0.3) is 0 Å². The molecule has 1 rings (SSSR count). The molecule has 0 aliphatic heterocycles. The van der Waals surface area contributed by atoms with Crippen LogP contribution in [0.4, 0.5) is 0 Å². The Balaban J connectivity index is 2.59. The largest absolute Gasteiger partial charge is 0.480 e. The van der Waals surface area contributed by atoms with Gasteiger partial charge < -0.3 is 15.3 Å². The SMILES string of the molecule is CC(NC(=O)c1ccc(Br)s1)C(=O)N(C)CC(=O)O. The van der Waals surface area contributed by atoms with Gasteiger partial charge in [-0.25, -0.2) is 0 Å². The van der Waals surface area contributed by atoms with Gasteiger partial charge in [-0.2, -0.15) is 0 Å². The third-order valence-corrected chi connectivity index (χ3v) is 3.89. The topological polar surface area (TPSA) is 86.7 Å². The van der Waals surface area contributed by atoms with Crippen molar-refractivity contribution in [1.29, 1.82) is 0 Å². The monoisotopic (exact) mass is 348 g/mol. The first-order valence-electron chi connectivity index (χ1n) is 5.34. The molecule has 0 aliphatic rings. The first-order chi connectivity index (χ1) is 8.81. The molecule has 2 N–H and O–H groups in total. The van der Waals surface area contributed by atoms with E-state index in [1.54, 1.807) is 12.1 Å². The molecule has 1 aromatic rings. The number of aliphatic carboxylic acids is 1. The molecule has 0 radical (unpaired) electrons. The first kappa shape index (κ1) is 15.6. The number of nitrogens with zero attached hydrogens (tertiary/aromatic N) is 1. The molecule has 0 aromatic carbocycles. The highest BCUT2D eigenvalue weighted by molar-refractivity contribution is 9.11. The van der Waals surface area contributed by atoms with E-state index < -0.39 is 24.5 Å². The van der Waals surface area contributed by atoms with Gasteiger partial charge in [-0.1, -0.05) is 0 Å². The van der Waals surface area contributed by atoms with Gasteiger partial charge in [0.2, 0.25) is 5.91 Å². The number of rotatable bonds is 5. The molecule has 0 saturated heterocycles. The van der Waals surface area contributed by atoms with E-state index in [1.165, 1.54) is 25.3 Å². The fourth-order valence-corrected chi connectivity index (χ4v) is 2.67. The summed E-state index contributed by atoms with van der Waals surface area (Å²) in [5, 5.41) is 11.1. The van der Waals surface area contributed by atoms with Crippen LogP contribution in [0.15, 0.2) is 15.9 Å². The highest BCUT2D eigenvalue weighted by Gasteiger charge is 2.21. The average Bonchev–Trinajstić information content (AvgIpc) is 2.73. The zero-order chi connectivity index (χ0) is 14.6. The maximum Gasteiger partial charge on any atom is 0.323 e. The molecule has 1 unspecified atom stereocenters. The van der Waals surface area contributed by atoms with Crippen LogP contribution in [0.3, 0.4) is 0 Å². The van der Waals surface area contributed by atoms with Gasteiger partial charge in [0.05, 0.1) is 8.66 Å². The molecular weight excluding hydrogens is 336 g/mol. The average molecular weight is 349 g/mol. The molecule has 0 fully saturated rings. The van der Waals surface area contributed by atoms with Gasteiger partial charge in [0, 0.05) is 7.05 Å². The minimum absolute atomic E-state index is 0.361. The molecule has 104 valence electrons. The fourth-order valence-electron chi connectivity index (χ4n) is 1.38. The predicted octanol–water partition coefficient (Wildman–Crippen LogP) is 1.17. The molecule has 1 aromatic heterocycles. The van der Waals surface area contributed by atoms with Crippen LogP contribution in [0, 0.1) is 0 Å². The van der Waals surface area contributed by atoms with Gasteiger partial charge in [0.15, 0.2) is 0 Å². The van der Waals surface area contributed by atoms with Crippen LogP contribution in [-0.4, -0.2) is 47.4 Å². The van der Waals surface area contributed by atoms with Crippen molar-refractivity contribution in [3.8, 4) is 0 Å². The van der Waals surface area contributed by atoms with E-state index in [1.807, 2.05) is 0 Å². The predicted molar refractivity (Wildman–Crippen MR) is 74.2 cm³/mol. The quantitative estimate of drug-likeness (QED) is 0.836. The number of likely N-dealkylation sites (N-methyl/N-ethyl adjacent to an activating group) is 1. The Labute approximate surface area is 122 Å². The summed E-state index contributed by atoms with van der Waals surface area (Å²) in [6.45, 7) is 1.12. The Morgan fingerprint density at radius 2 is 2.11 bits per heavy atom. The number of carbonyl (C=O) groups excluding carboxylic acids is 2. The number of nitrogens with one attached hydrogen (secondary N) is 1. The lowest BCUT2D eigenvalue weighted by Gasteiger charge is -2.20. The van der Waals surface area contributed by atoms with Crippen molar-refractivity contribution in [3.05, 3.63) is 20.8 Å². The number of amides is 2. The molecular formula is C11H13BrN2O4S. The summed E-state index contributed by atoms with van der Waals surface area (Å²) in [7, 11) is 1.38. The number of hydrogen-bond donors (Lipinski definition) is 2. The van der Waals surface area contributed by atoms with E-state index in [2.05, 4.69) is 21.2 Å². The third kappa shape index (κ3) is 4.64. The molecule has 6 nitrogen and oxygen atoms in total. The van der Waals surface area contributed by atoms with Gasteiger partial charge in [0.25, 0.3) is 5.91 Å². The first-order valence-corrected chi connectivity index (χ1v) is 6.95. The Hall–Kier alpha value is -1.41. The van der Waals surface area contributed by atoms with Crippen molar-refractivity contribution < 1.29 is 19.5 Å². The summed E-state index contributed by atoms with van der Waals surface area (Å²) in [5.41, 5.74) is 0. The zero-order valence-electron chi connectivity index (χ0n) is 10.3. The Morgan fingerprint density at radius 1 is 1.47 bits per heavy atom. The van der Waals surface area contributed by atoms with Crippen molar-refractivity contribution in [1.82, 2.24) is 10.2 Å². The molecule has 0 bridgehead atoms. The van der Waals surface area contributed by atoms with E-state index in [-0.39, 0.29) is 5.91 Å². The van der Waals surface area contributed by atoms with Crippen LogP contribution in [0.5, 0.6) is 0 Å². The Morgan fingerprint density at radius 3 is 2.58 bits per heavy atom. The van der Waals surface area contributed by atoms with Gasteiger partial charge in [0.1, 0.15) is 12.6 Å². The standard InChI is InChI=1S/C11H13BrN2O4S/c1-6(11(18)14(2)5-9(15)16)13-10(17)7-3-4-8(12)19-7/h3-4,6H,5H2,1-2H3,(H,13,17)(H,15,16). The van der Waals surface area contributed by atoms with E-state index in [0.717, 1.165) is 8.69 Å². The lowest BCUT2D eigenvalue weighted by atomic mass is 10.2. The Bertz CT molecular complexity index is 503. The molecule has 0 spiro atoms. The maximum atomic E-state index is 11.8. The second kappa shape index (κ2) is 6.67. The molecule has 0 saturated carbocycles. The zero-order valence-corrected chi connectivity index (χ0v) is 12.7. The van der Waals surface area contributed by atoms with Crippen molar-refractivity contribution in [2.75, 3.05) is 13.6 Å². The fraction of sp³-hybridized carbons (Fsp3) is 0.364. The van der Waals surface area contributed by atoms with Gasteiger partial charge in [-0.05, 0) is 35.0 Å².